The predicted octanol–water partition coefficient (Wildman–Crippen LogP) is 7.15. The summed E-state index contributed by atoms with van der Waals surface area (Å²) in [5.74, 6) is 1.30. The monoisotopic (exact) mass is 467 g/mol. The van der Waals surface area contributed by atoms with E-state index in [1.165, 1.54) is 22.3 Å². The Hall–Kier alpha value is -2.78. The van der Waals surface area contributed by atoms with Crippen LogP contribution in [-0.2, 0) is 4.79 Å². The van der Waals surface area contributed by atoms with Gasteiger partial charge in [-0.3, -0.25) is 9.78 Å². The normalized spacial score (nSPS) is 31.6. The van der Waals surface area contributed by atoms with Crippen LogP contribution < -0.4 is 0 Å². The van der Waals surface area contributed by atoms with Gasteiger partial charge in [0.1, 0.15) is 6.29 Å². The van der Waals surface area contributed by atoms with Gasteiger partial charge >= 0.3 is 0 Å². The predicted molar refractivity (Wildman–Crippen MR) is 143 cm³/mol. The summed E-state index contributed by atoms with van der Waals surface area (Å²) in [5, 5.41) is 11.1. The zero-order valence-electron chi connectivity index (χ0n) is 21.0. The van der Waals surface area contributed by atoms with Crippen molar-refractivity contribution < 1.29 is 9.90 Å². The third-order valence-corrected chi connectivity index (χ3v) is 8.96. The molecule has 2 aromatic rings. The molecular formula is C32H37NO2. The van der Waals surface area contributed by atoms with Gasteiger partial charge in [-0.05, 0) is 95.8 Å². The molecule has 0 amide bonds. The van der Waals surface area contributed by atoms with Gasteiger partial charge in [-0.25, -0.2) is 0 Å². The topological polar surface area (TPSA) is 50.2 Å². The van der Waals surface area contributed by atoms with Gasteiger partial charge in [0.2, 0.25) is 0 Å². The molecule has 5 unspecified atom stereocenters. The number of aliphatic hydroxyl groups is 1. The molecule has 1 heterocycles. The molecule has 1 aromatic heterocycles. The minimum Gasteiger partial charge on any atom is -0.393 e. The van der Waals surface area contributed by atoms with Crippen molar-refractivity contribution >= 4 is 18.4 Å². The number of aromatic nitrogens is 1. The van der Waals surface area contributed by atoms with Crippen molar-refractivity contribution in [3.63, 3.8) is 0 Å². The van der Waals surface area contributed by atoms with E-state index >= 15 is 0 Å². The van der Waals surface area contributed by atoms with E-state index in [0.717, 1.165) is 56.8 Å². The zero-order chi connectivity index (χ0) is 24.4. The molecule has 3 aliphatic carbocycles. The average Bonchev–Trinajstić information content (AvgIpc) is 3.18. The summed E-state index contributed by atoms with van der Waals surface area (Å²) >= 11 is 0. The van der Waals surface area contributed by atoms with E-state index in [4.69, 9.17) is 0 Å². The molecule has 182 valence electrons. The lowest BCUT2D eigenvalue weighted by atomic mass is 9.53. The summed E-state index contributed by atoms with van der Waals surface area (Å²) in [7, 11) is 0. The second-order valence-electron chi connectivity index (χ2n) is 10.9. The summed E-state index contributed by atoms with van der Waals surface area (Å²) in [4.78, 5) is 15.7. The zero-order valence-corrected chi connectivity index (χ0v) is 21.0. The molecule has 0 radical (unpaired) electrons. The fraction of sp³-hybridized carbons (Fsp3) is 0.438. The first kappa shape index (κ1) is 23.9. The standard InChI is InChI=1S/C32H37NO2/c1-3-6-26-24(16-18-34)12-13-27-29-14-15-30(35)32(29,2)20-28(31(26)27)25-9-4-7-22(19-25)10-11-23-8-5-17-33-21-23/h4-5,7-11,16-19,21,27-30,35H,3,6,12-15,20H2,1-2H3/b11-10+,24-16-. The lowest BCUT2D eigenvalue weighted by Gasteiger charge is -2.51. The number of allylic oxidation sites excluding steroid dienone is 4. The van der Waals surface area contributed by atoms with Gasteiger partial charge in [0.25, 0.3) is 0 Å². The summed E-state index contributed by atoms with van der Waals surface area (Å²) in [6.07, 6.45) is 17.7. The quantitative estimate of drug-likeness (QED) is 0.362. The van der Waals surface area contributed by atoms with E-state index in [0.29, 0.717) is 11.8 Å². The lowest BCUT2D eigenvalue weighted by molar-refractivity contribution is -0.104. The number of carbonyl (C=O) groups excluding carboxylic acids is 1. The number of aliphatic hydroxyl groups excluding tert-OH is 1. The van der Waals surface area contributed by atoms with Crippen LogP contribution in [0.5, 0.6) is 0 Å². The Morgan fingerprint density at radius 3 is 2.71 bits per heavy atom. The Labute approximate surface area is 209 Å². The van der Waals surface area contributed by atoms with Crippen LogP contribution in [-0.4, -0.2) is 22.5 Å². The van der Waals surface area contributed by atoms with Gasteiger partial charge in [0.15, 0.2) is 0 Å². The first-order chi connectivity index (χ1) is 17.0. The van der Waals surface area contributed by atoms with Crippen LogP contribution in [0.2, 0.25) is 0 Å². The number of nitrogens with zero attached hydrogens (tertiary/aromatic N) is 1. The van der Waals surface area contributed by atoms with Crippen molar-refractivity contribution in [2.75, 3.05) is 0 Å². The van der Waals surface area contributed by atoms with E-state index in [9.17, 15) is 9.90 Å². The summed E-state index contributed by atoms with van der Waals surface area (Å²) in [5.41, 5.74) is 7.79. The van der Waals surface area contributed by atoms with Gasteiger partial charge in [-0.15, -0.1) is 0 Å². The van der Waals surface area contributed by atoms with E-state index in [1.54, 1.807) is 11.8 Å². The van der Waals surface area contributed by atoms with Crippen LogP contribution in [0.4, 0.5) is 0 Å². The van der Waals surface area contributed by atoms with Gasteiger partial charge in [-0.1, -0.05) is 68.3 Å². The molecule has 5 rings (SSSR count). The molecule has 1 aromatic carbocycles. The Bertz CT molecular complexity index is 1160. The van der Waals surface area contributed by atoms with E-state index in [2.05, 4.69) is 61.3 Å². The highest BCUT2D eigenvalue weighted by molar-refractivity contribution is 5.70. The Morgan fingerprint density at radius 2 is 1.94 bits per heavy atom. The van der Waals surface area contributed by atoms with Crippen LogP contribution in [0.25, 0.3) is 12.2 Å². The third kappa shape index (κ3) is 4.47. The Morgan fingerprint density at radius 1 is 1.11 bits per heavy atom. The highest BCUT2D eigenvalue weighted by Crippen LogP contribution is 2.63. The first-order valence-electron chi connectivity index (χ1n) is 13.3. The number of benzene rings is 1. The Kier molecular flexibility index (Phi) is 6.88. The highest BCUT2D eigenvalue weighted by Gasteiger charge is 2.56. The molecule has 0 saturated heterocycles. The summed E-state index contributed by atoms with van der Waals surface area (Å²) in [6.45, 7) is 4.57. The molecule has 1 N–H and O–H groups in total. The van der Waals surface area contributed by atoms with Gasteiger partial charge in [0, 0.05) is 18.3 Å². The maximum Gasteiger partial charge on any atom is 0.143 e. The molecule has 0 bridgehead atoms. The number of rotatable bonds is 6. The second-order valence-corrected chi connectivity index (χ2v) is 10.9. The molecule has 3 aliphatic rings. The van der Waals surface area contributed by atoms with Crippen molar-refractivity contribution in [2.45, 2.75) is 70.8 Å². The third-order valence-electron chi connectivity index (χ3n) is 8.96. The summed E-state index contributed by atoms with van der Waals surface area (Å²) in [6, 6.07) is 12.9. The van der Waals surface area contributed by atoms with Gasteiger partial charge in [0.05, 0.1) is 6.10 Å². The maximum absolute atomic E-state index is 11.5. The van der Waals surface area contributed by atoms with Crippen molar-refractivity contribution in [3.05, 3.63) is 88.3 Å². The molecule has 2 saturated carbocycles. The fourth-order valence-electron chi connectivity index (χ4n) is 7.32. The lowest BCUT2D eigenvalue weighted by Crippen LogP contribution is -2.44. The first-order valence-corrected chi connectivity index (χ1v) is 13.3. The van der Waals surface area contributed by atoms with E-state index in [-0.39, 0.29) is 17.4 Å². The molecule has 3 heteroatoms. The van der Waals surface area contributed by atoms with E-state index < -0.39 is 0 Å². The summed E-state index contributed by atoms with van der Waals surface area (Å²) < 4.78 is 0. The molecule has 0 aliphatic heterocycles. The number of pyridine rings is 1. The van der Waals surface area contributed by atoms with Crippen molar-refractivity contribution in [2.24, 2.45) is 17.3 Å². The fourth-order valence-corrected chi connectivity index (χ4v) is 7.32. The van der Waals surface area contributed by atoms with Crippen LogP contribution >= 0.6 is 0 Å². The second kappa shape index (κ2) is 10.1. The minimum atomic E-state index is -0.230. The number of hydrogen-bond donors (Lipinski definition) is 1. The number of fused-ring (bicyclic) bond motifs is 3. The van der Waals surface area contributed by atoms with Crippen molar-refractivity contribution in [1.82, 2.24) is 4.98 Å². The average molecular weight is 468 g/mol. The highest BCUT2D eigenvalue weighted by atomic mass is 16.3. The molecule has 2 fully saturated rings. The molecule has 0 spiro atoms. The molecular weight excluding hydrogens is 430 g/mol. The minimum absolute atomic E-state index is 0.0520. The molecule has 35 heavy (non-hydrogen) atoms. The van der Waals surface area contributed by atoms with Crippen LogP contribution in [0.1, 0.15) is 81.4 Å². The smallest absolute Gasteiger partial charge is 0.143 e. The molecule has 5 atom stereocenters. The number of hydrogen-bond acceptors (Lipinski definition) is 3. The van der Waals surface area contributed by atoms with Crippen molar-refractivity contribution in [3.8, 4) is 0 Å². The van der Waals surface area contributed by atoms with Gasteiger partial charge in [-0.2, -0.15) is 0 Å². The van der Waals surface area contributed by atoms with E-state index in [1.807, 2.05) is 18.3 Å². The van der Waals surface area contributed by atoms with Gasteiger partial charge < -0.3 is 5.11 Å². The Balaban J connectivity index is 1.60. The number of aldehydes is 1. The van der Waals surface area contributed by atoms with Crippen LogP contribution in [0.3, 0.4) is 0 Å². The number of carbonyl (C=O) groups is 1. The SMILES string of the molecule is CCCC1=C2C(c3cccc(/C=C/c4cccnc4)c3)CC3(C)C(O)CCC3C2CC/C1=C/C=O. The molecule has 3 nitrogen and oxygen atoms in total. The maximum atomic E-state index is 11.5. The largest absolute Gasteiger partial charge is 0.393 e. The van der Waals surface area contributed by atoms with Crippen LogP contribution in [0, 0.1) is 17.3 Å². The van der Waals surface area contributed by atoms with Crippen molar-refractivity contribution in [1.29, 1.82) is 0 Å². The van der Waals surface area contributed by atoms with Crippen LogP contribution in [0.15, 0.2) is 71.6 Å².